The summed E-state index contributed by atoms with van der Waals surface area (Å²) in [6.07, 6.45) is -4.50. The lowest BCUT2D eigenvalue weighted by molar-refractivity contribution is -0.137. The third-order valence-electron chi connectivity index (χ3n) is 3.06. The van der Waals surface area contributed by atoms with Crippen molar-refractivity contribution in [2.45, 2.75) is 19.2 Å². The number of hydrogen-bond acceptors (Lipinski definition) is 4. The molecule has 0 fully saturated rings. The topological polar surface area (TPSA) is 68.3 Å². The molecule has 0 radical (unpaired) electrons. The Kier molecular flexibility index (Phi) is 5.63. The molecule has 0 aliphatic rings. The van der Waals surface area contributed by atoms with Crippen LogP contribution in [0, 0.1) is 0 Å². The SMILES string of the molecule is C[C@@H](OC(=O)c1cccc(C(F)(F)F)c1)C(=O)Nc1ccc(Cl)cn1. The maximum atomic E-state index is 12.7. The number of amides is 1. The van der Waals surface area contributed by atoms with Gasteiger partial charge in [-0.15, -0.1) is 0 Å². The Morgan fingerprint density at radius 3 is 2.56 bits per heavy atom. The van der Waals surface area contributed by atoms with Crippen molar-refractivity contribution >= 4 is 29.3 Å². The van der Waals surface area contributed by atoms with Gasteiger partial charge in [0.15, 0.2) is 6.10 Å². The van der Waals surface area contributed by atoms with Crippen LogP contribution in [0.3, 0.4) is 0 Å². The summed E-state index contributed by atoms with van der Waals surface area (Å²) >= 11 is 5.67. The lowest BCUT2D eigenvalue weighted by atomic mass is 10.1. The molecule has 0 saturated heterocycles. The third-order valence-corrected chi connectivity index (χ3v) is 3.28. The fourth-order valence-corrected chi connectivity index (χ4v) is 1.89. The minimum Gasteiger partial charge on any atom is -0.449 e. The van der Waals surface area contributed by atoms with E-state index in [2.05, 4.69) is 10.3 Å². The molecule has 9 heteroatoms. The number of carbonyl (C=O) groups is 2. The standard InChI is InChI=1S/C16H12ClF3N2O3/c1-9(14(23)22-13-6-5-12(17)8-21-13)25-15(24)10-3-2-4-11(7-10)16(18,19)20/h2-9H,1H3,(H,21,22,23)/t9-/m1/s1. The highest BCUT2D eigenvalue weighted by Crippen LogP contribution is 2.29. The quantitative estimate of drug-likeness (QED) is 0.825. The number of nitrogens with zero attached hydrogens (tertiary/aromatic N) is 1. The molecule has 132 valence electrons. The van der Waals surface area contributed by atoms with Crippen LogP contribution in [-0.2, 0) is 15.7 Å². The molecule has 2 rings (SSSR count). The van der Waals surface area contributed by atoms with Gasteiger partial charge in [0, 0.05) is 6.20 Å². The average molecular weight is 373 g/mol. The molecule has 0 bridgehead atoms. The van der Waals surface area contributed by atoms with Gasteiger partial charge in [-0.25, -0.2) is 9.78 Å². The fourth-order valence-electron chi connectivity index (χ4n) is 1.78. The highest BCUT2D eigenvalue weighted by Gasteiger charge is 2.31. The summed E-state index contributed by atoms with van der Waals surface area (Å²) in [5, 5.41) is 2.77. The van der Waals surface area contributed by atoms with Crippen molar-refractivity contribution in [1.29, 1.82) is 0 Å². The molecule has 1 atom stereocenters. The first-order valence-electron chi connectivity index (χ1n) is 6.97. The summed E-state index contributed by atoms with van der Waals surface area (Å²) in [5.74, 6) is -1.54. The Balaban J connectivity index is 2.02. The smallest absolute Gasteiger partial charge is 0.416 e. The molecule has 5 nitrogen and oxygen atoms in total. The zero-order chi connectivity index (χ0) is 18.6. The zero-order valence-electron chi connectivity index (χ0n) is 12.8. The number of nitrogens with one attached hydrogen (secondary N) is 1. The van der Waals surface area contributed by atoms with Crippen LogP contribution in [0.15, 0.2) is 42.6 Å². The van der Waals surface area contributed by atoms with Crippen molar-refractivity contribution in [3.05, 3.63) is 58.7 Å². The van der Waals surface area contributed by atoms with Crippen molar-refractivity contribution in [3.8, 4) is 0 Å². The number of ether oxygens (including phenoxy) is 1. The van der Waals surface area contributed by atoms with Gasteiger partial charge in [0.25, 0.3) is 5.91 Å². The second kappa shape index (κ2) is 7.52. The van der Waals surface area contributed by atoms with E-state index in [-0.39, 0.29) is 11.4 Å². The van der Waals surface area contributed by atoms with E-state index in [1.165, 1.54) is 31.3 Å². The number of benzene rings is 1. The molecule has 0 aliphatic carbocycles. The molecule has 1 aromatic heterocycles. The van der Waals surface area contributed by atoms with E-state index >= 15 is 0 Å². The first-order chi connectivity index (χ1) is 11.7. The molecular formula is C16H12ClF3N2O3. The molecule has 1 N–H and O–H groups in total. The maximum absolute atomic E-state index is 12.7. The van der Waals surface area contributed by atoms with E-state index in [4.69, 9.17) is 16.3 Å². The van der Waals surface area contributed by atoms with Crippen LogP contribution in [0.5, 0.6) is 0 Å². The van der Waals surface area contributed by atoms with E-state index in [0.717, 1.165) is 12.1 Å². The van der Waals surface area contributed by atoms with E-state index in [9.17, 15) is 22.8 Å². The molecule has 0 saturated carbocycles. The first-order valence-corrected chi connectivity index (χ1v) is 7.35. The summed E-state index contributed by atoms with van der Waals surface area (Å²) in [6, 6.07) is 6.70. The number of anilines is 1. The van der Waals surface area contributed by atoms with Gasteiger partial charge in [-0.05, 0) is 37.3 Å². The average Bonchev–Trinajstić information content (AvgIpc) is 2.56. The summed E-state index contributed by atoms with van der Waals surface area (Å²) in [6.45, 7) is 1.29. The molecule has 2 aromatic rings. The Morgan fingerprint density at radius 1 is 1.24 bits per heavy atom. The Labute approximate surface area is 145 Å². The number of esters is 1. The van der Waals surface area contributed by atoms with Crippen LogP contribution in [0.2, 0.25) is 5.02 Å². The second-order valence-corrected chi connectivity index (χ2v) is 5.41. The molecule has 25 heavy (non-hydrogen) atoms. The number of carbonyl (C=O) groups excluding carboxylic acids is 2. The van der Waals surface area contributed by atoms with Crippen LogP contribution in [0.25, 0.3) is 0 Å². The van der Waals surface area contributed by atoms with Gasteiger partial charge in [0.05, 0.1) is 16.1 Å². The molecule has 0 aliphatic heterocycles. The summed E-state index contributed by atoms with van der Waals surface area (Å²) in [4.78, 5) is 27.7. The van der Waals surface area contributed by atoms with Crippen LogP contribution >= 0.6 is 11.6 Å². The minimum atomic E-state index is -4.58. The molecule has 1 aromatic carbocycles. The number of rotatable bonds is 4. The largest absolute Gasteiger partial charge is 0.449 e. The zero-order valence-corrected chi connectivity index (χ0v) is 13.6. The second-order valence-electron chi connectivity index (χ2n) is 4.98. The summed E-state index contributed by atoms with van der Waals surface area (Å²) in [5.41, 5.74) is -1.29. The van der Waals surface area contributed by atoms with E-state index in [1.54, 1.807) is 0 Å². The lowest BCUT2D eigenvalue weighted by Gasteiger charge is -2.14. The first kappa shape index (κ1) is 18.7. The highest BCUT2D eigenvalue weighted by molar-refractivity contribution is 6.30. The molecule has 0 unspecified atom stereocenters. The Morgan fingerprint density at radius 2 is 1.96 bits per heavy atom. The van der Waals surface area contributed by atoms with E-state index in [0.29, 0.717) is 11.1 Å². The van der Waals surface area contributed by atoms with Gasteiger partial charge in [0.1, 0.15) is 5.82 Å². The van der Waals surface area contributed by atoms with Crippen molar-refractivity contribution in [3.63, 3.8) is 0 Å². The lowest BCUT2D eigenvalue weighted by Crippen LogP contribution is -2.30. The van der Waals surface area contributed by atoms with Gasteiger partial charge in [-0.2, -0.15) is 13.2 Å². The predicted molar refractivity (Wildman–Crippen MR) is 84.2 cm³/mol. The predicted octanol–water partition coefficient (Wildman–Crippen LogP) is 3.94. The number of hydrogen-bond donors (Lipinski definition) is 1. The van der Waals surface area contributed by atoms with Crippen molar-refractivity contribution in [2.24, 2.45) is 0 Å². The van der Waals surface area contributed by atoms with Gasteiger partial charge < -0.3 is 10.1 Å². The molecule has 1 amide bonds. The maximum Gasteiger partial charge on any atom is 0.416 e. The van der Waals surface area contributed by atoms with Gasteiger partial charge >= 0.3 is 12.1 Å². The van der Waals surface area contributed by atoms with E-state index < -0.39 is 29.7 Å². The number of pyridine rings is 1. The number of alkyl halides is 3. The van der Waals surface area contributed by atoms with Crippen LogP contribution < -0.4 is 5.32 Å². The Bertz CT molecular complexity index is 779. The fraction of sp³-hybridized carbons (Fsp3) is 0.188. The third kappa shape index (κ3) is 5.18. The van der Waals surface area contributed by atoms with Crippen LogP contribution in [0.4, 0.5) is 19.0 Å². The highest BCUT2D eigenvalue weighted by atomic mass is 35.5. The molecular weight excluding hydrogens is 361 g/mol. The van der Waals surface area contributed by atoms with Crippen molar-refractivity contribution in [2.75, 3.05) is 5.32 Å². The van der Waals surface area contributed by atoms with Crippen LogP contribution in [0.1, 0.15) is 22.8 Å². The van der Waals surface area contributed by atoms with Gasteiger partial charge in [-0.3, -0.25) is 4.79 Å². The molecule has 1 heterocycles. The normalized spacial score (nSPS) is 12.4. The van der Waals surface area contributed by atoms with Crippen molar-refractivity contribution < 1.29 is 27.5 Å². The van der Waals surface area contributed by atoms with Gasteiger partial charge in [0.2, 0.25) is 0 Å². The van der Waals surface area contributed by atoms with E-state index in [1.807, 2.05) is 0 Å². The minimum absolute atomic E-state index is 0.191. The summed E-state index contributed by atoms with van der Waals surface area (Å²) < 4.78 is 42.9. The monoisotopic (exact) mass is 372 g/mol. The number of halogens is 4. The molecule has 0 spiro atoms. The van der Waals surface area contributed by atoms with Crippen LogP contribution in [-0.4, -0.2) is 23.0 Å². The van der Waals surface area contributed by atoms with Crippen molar-refractivity contribution in [1.82, 2.24) is 4.98 Å². The van der Waals surface area contributed by atoms with Gasteiger partial charge in [-0.1, -0.05) is 17.7 Å². The number of aromatic nitrogens is 1. The Hall–Kier alpha value is -2.61. The summed E-state index contributed by atoms with van der Waals surface area (Å²) in [7, 11) is 0.